The van der Waals surface area contributed by atoms with E-state index in [0.29, 0.717) is 41.1 Å². The van der Waals surface area contributed by atoms with Gasteiger partial charge in [0, 0.05) is 31.1 Å². The summed E-state index contributed by atoms with van der Waals surface area (Å²) in [5, 5.41) is 14.6. The van der Waals surface area contributed by atoms with E-state index >= 15 is 0 Å². The predicted octanol–water partition coefficient (Wildman–Crippen LogP) is 4.27. The van der Waals surface area contributed by atoms with Crippen molar-refractivity contribution in [3.8, 4) is 0 Å². The molecule has 2 amide bonds. The Morgan fingerprint density at radius 2 is 1.88 bits per heavy atom. The number of nitrogens with zero attached hydrogens (tertiary/aromatic N) is 5. The highest BCUT2D eigenvalue weighted by Gasteiger charge is 2.48. The first kappa shape index (κ1) is 26.8. The van der Waals surface area contributed by atoms with Crippen molar-refractivity contribution in [3.63, 3.8) is 0 Å². The first-order valence-electron chi connectivity index (χ1n) is 14.2. The van der Waals surface area contributed by atoms with E-state index in [2.05, 4.69) is 20.8 Å². The Bertz CT molecular complexity index is 1400. The molecule has 0 spiro atoms. The summed E-state index contributed by atoms with van der Waals surface area (Å²) in [6.07, 6.45) is 3.34. The van der Waals surface area contributed by atoms with Gasteiger partial charge in [-0.3, -0.25) is 14.3 Å². The van der Waals surface area contributed by atoms with Gasteiger partial charge < -0.3 is 10.6 Å². The van der Waals surface area contributed by atoms with Crippen molar-refractivity contribution in [2.45, 2.75) is 70.6 Å². The van der Waals surface area contributed by atoms with Gasteiger partial charge in [-0.05, 0) is 75.0 Å². The van der Waals surface area contributed by atoms with Crippen LogP contribution in [0.5, 0.6) is 0 Å². The molecule has 2 saturated carbocycles. The molecule has 12 heteroatoms. The fourth-order valence-electron chi connectivity index (χ4n) is 6.30. The summed E-state index contributed by atoms with van der Waals surface area (Å²) in [6.45, 7) is 3.87. The lowest BCUT2D eigenvalue weighted by Crippen LogP contribution is -2.48. The molecule has 2 unspecified atom stereocenters. The molecule has 214 valence electrons. The van der Waals surface area contributed by atoms with Crippen molar-refractivity contribution in [1.82, 2.24) is 35.0 Å². The average Bonchev–Trinajstić information content (AvgIpc) is 3.85. The van der Waals surface area contributed by atoms with Gasteiger partial charge in [-0.15, -0.1) is 0 Å². The number of hydrogen-bond donors (Lipinski definition) is 2. The van der Waals surface area contributed by atoms with Crippen molar-refractivity contribution < 1.29 is 22.8 Å². The zero-order valence-electron chi connectivity index (χ0n) is 22.6. The number of alkyl halides is 3. The summed E-state index contributed by atoms with van der Waals surface area (Å²) in [5.74, 6) is -2.16. The standard InChI is InChI=1S/C28H34F3N7O2/c1-3-37-22(10-11-33-37)27(40)35-25(24(16-4-5-16)17-6-7-17)21-14-38-23(34-21)9-8-20(36-38)15(2)19-12-18(28(29,30)31)13-32-26(19)39/h8-11,14-19,24-25H,3-7,12-13H2,1-2H3,(H,32,39)(H,35,40)/t15?,18-,19?,25-/m1/s1. The third-order valence-electron chi connectivity index (χ3n) is 8.86. The van der Waals surface area contributed by atoms with E-state index in [0.717, 1.165) is 25.7 Å². The number of aryl methyl sites for hydroxylation is 1. The lowest BCUT2D eigenvalue weighted by molar-refractivity contribution is -0.184. The number of carbonyl (C=O) groups excluding carboxylic acids is 2. The predicted molar refractivity (Wildman–Crippen MR) is 139 cm³/mol. The molecule has 3 aliphatic rings. The van der Waals surface area contributed by atoms with Crippen LogP contribution in [0.4, 0.5) is 13.2 Å². The number of nitrogens with one attached hydrogen (secondary N) is 2. The molecule has 3 fully saturated rings. The first-order chi connectivity index (χ1) is 19.1. The summed E-state index contributed by atoms with van der Waals surface area (Å²) in [6, 6.07) is 4.92. The molecule has 0 aromatic carbocycles. The Hall–Kier alpha value is -3.44. The van der Waals surface area contributed by atoms with Crippen LogP contribution < -0.4 is 10.6 Å². The Morgan fingerprint density at radius 1 is 1.15 bits per heavy atom. The summed E-state index contributed by atoms with van der Waals surface area (Å²) in [5.41, 5.74) is 2.31. The van der Waals surface area contributed by atoms with E-state index in [1.54, 1.807) is 40.5 Å². The van der Waals surface area contributed by atoms with Crippen molar-refractivity contribution in [1.29, 1.82) is 0 Å². The number of carbonyl (C=O) groups is 2. The first-order valence-corrected chi connectivity index (χ1v) is 14.2. The molecule has 3 aromatic heterocycles. The molecular weight excluding hydrogens is 523 g/mol. The van der Waals surface area contributed by atoms with E-state index in [1.807, 2.05) is 13.1 Å². The Morgan fingerprint density at radius 3 is 2.52 bits per heavy atom. The van der Waals surface area contributed by atoms with Crippen molar-refractivity contribution in [2.24, 2.45) is 29.6 Å². The van der Waals surface area contributed by atoms with Gasteiger partial charge in [0.25, 0.3) is 5.91 Å². The number of hydrogen-bond acceptors (Lipinski definition) is 5. The second-order valence-corrected chi connectivity index (χ2v) is 11.6. The monoisotopic (exact) mass is 557 g/mol. The lowest BCUT2D eigenvalue weighted by atomic mass is 9.80. The molecule has 1 saturated heterocycles. The van der Waals surface area contributed by atoms with Crippen LogP contribution in [0.25, 0.3) is 5.65 Å². The van der Waals surface area contributed by atoms with E-state index in [9.17, 15) is 22.8 Å². The number of rotatable bonds is 9. The number of amides is 2. The van der Waals surface area contributed by atoms with Crippen molar-refractivity contribution in [3.05, 3.63) is 47.7 Å². The van der Waals surface area contributed by atoms with Crippen LogP contribution in [0.3, 0.4) is 0 Å². The topological polar surface area (TPSA) is 106 Å². The maximum absolute atomic E-state index is 13.4. The van der Waals surface area contributed by atoms with Gasteiger partial charge in [-0.2, -0.15) is 23.4 Å². The minimum absolute atomic E-state index is 0.197. The molecule has 40 heavy (non-hydrogen) atoms. The van der Waals surface area contributed by atoms with Crippen LogP contribution in [-0.2, 0) is 11.3 Å². The quantitative estimate of drug-likeness (QED) is 0.409. The van der Waals surface area contributed by atoms with Crippen molar-refractivity contribution in [2.75, 3.05) is 6.54 Å². The molecule has 3 aromatic rings. The van der Waals surface area contributed by atoms with Crippen LogP contribution in [-0.4, -0.2) is 48.9 Å². The number of imidazole rings is 1. The van der Waals surface area contributed by atoms with Crippen LogP contribution in [0.1, 0.15) is 79.8 Å². The van der Waals surface area contributed by atoms with Gasteiger partial charge in [0.2, 0.25) is 5.91 Å². The SMILES string of the molecule is CCn1nccc1C(=O)N[C@H](c1cn2nc(C(C)C3C[C@@H](C(F)(F)F)CNC3=O)ccc2n1)C(C1CC1)C1CC1. The van der Waals surface area contributed by atoms with Crippen molar-refractivity contribution >= 4 is 17.5 Å². The smallest absolute Gasteiger partial charge is 0.355 e. The highest BCUT2D eigenvalue weighted by molar-refractivity contribution is 5.92. The normalized spacial score (nSPS) is 23.3. The van der Waals surface area contributed by atoms with E-state index in [-0.39, 0.29) is 30.2 Å². The summed E-state index contributed by atoms with van der Waals surface area (Å²) in [4.78, 5) is 30.7. The van der Waals surface area contributed by atoms with E-state index in [4.69, 9.17) is 4.98 Å². The van der Waals surface area contributed by atoms with Gasteiger partial charge in [-0.1, -0.05) is 6.92 Å². The molecule has 2 N–H and O–H groups in total. The van der Waals surface area contributed by atoms with E-state index < -0.39 is 30.5 Å². The zero-order chi connectivity index (χ0) is 28.2. The molecule has 0 radical (unpaired) electrons. The Kier molecular flexibility index (Phi) is 6.82. The Balaban J connectivity index is 1.29. The minimum atomic E-state index is -4.36. The second kappa shape index (κ2) is 10.2. The summed E-state index contributed by atoms with van der Waals surface area (Å²) >= 11 is 0. The van der Waals surface area contributed by atoms with Gasteiger partial charge >= 0.3 is 6.18 Å². The van der Waals surface area contributed by atoms with Gasteiger partial charge in [0.1, 0.15) is 5.69 Å². The van der Waals surface area contributed by atoms with Gasteiger partial charge in [0.05, 0.1) is 29.5 Å². The maximum atomic E-state index is 13.4. The lowest BCUT2D eigenvalue weighted by Gasteiger charge is -2.33. The molecular formula is C28H34F3N7O2. The molecule has 9 nitrogen and oxygen atoms in total. The Labute approximate surface area is 229 Å². The van der Waals surface area contributed by atoms with E-state index in [1.165, 1.54) is 0 Å². The van der Waals surface area contributed by atoms with Crippen LogP contribution in [0.15, 0.2) is 30.6 Å². The molecule has 2 aliphatic carbocycles. The third-order valence-corrected chi connectivity index (χ3v) is 8.86. The zero-order valence-corrected chi connectivity index (χ0v) is 22.6. The number of piperidine rings is 1. The molecule has 4 atom stereocenters. The fraction of sp³-hybridized carbons (Fsp3) is 0.607. The molecule has 1 aliphatic heterocycles. The number of fused-ring (bicyclic) bond motifs is 1. The molecule has 0 bridgehead atoms. The second-order valence-electron chi connectivity index (χ2n) is 11.6. The van der Waals surface area contributed by atoms with Crippen LogP contribution in [0, 0.1) is 29.6 Å². The average molecular weight is 558 g/mol. The van der Waals surface area contributed by atoms with Crippen LogP contribution in [0.2, 0.25) is 0 Å². The van der Waals surface area contributed by atoms with Crippen LogP contribution >= 0.6 is 0 Å². The highest BCUT2D eigenvalue weighted by Crippen LogP contribution is 2.54. The maximum Gasteiger partial charge on any atom is 0.393 e. The third kappa shape index (κ3) is 5.19. The summed E-state index contributed by atoms with van der Waals surface area (Å²) in [7, 11) is 0. The largest absolute Gasteiger partial charge is 0.393 e. The molecule has 4 heterocycles. The van der Waals surface area contributed by atoms with Gasteiger partial charge in [0.15, 0.2) is 5.65 Å². The fourth-order valence-corrected chi connectivity index (χ4v) is 6.30. The number of aromatic nitrogens is 5. The van der Waals surface area contributed by atoms with Gasteiger partial charge in [-0.25, -0.2) is 9.50 Å². The summed E-state index contributed by atoms with van der Waals surface area (Å²) < 4.78 is 43.5. The highest BCUT2D eigenvalue weighted by atomic mass is 19.4. The number of halogens is 3. The molecule has 6 rings (SSSR count). The minimum Gasteiger partial charge on any atom is -0.355 e.